The van der Waals surface area contributed by atoms with Gasteiger partial charge < -0.3 is 9.84 Å². The second-order valence-electron chi connectivity index (χ2n) is 4.69. The van der Waals surface area contributed by atoms with E-state index in [1.54, 1.807) is 0 Å². The summed E-state index contributed by atoms with van der Waals surface area (Å²) < 4.78 is 5.78. The van der Waals surface area contributed by atoms with Crippen LogP contribution in [0.1, 0.15) is 66.2 Å². The highest BCUT2D eigenvalue weighted by atomic mass is 16.5. The Bertz CT molecular complexity index is 134. The van der Waals surface area contributed by atoms with Crippen molar-refractivity contribution in [2.75, 3.05) is 0 Å². The first-order valence-electron chi connectivity index (χ1n) is 6.39. The van der Waals surface area contributed by atoms with Crippen LogP contribution in [0.5, 0.6) is 0 Å². The Hall–Kier alpha value is -0.0800. The van der Waals surface area contributed by atoms with E-state index in [-0.39, 0.29) is 12.2 Å². The van der Waals surface area contributed by atoms with Crippen molar-refractivity contribution in [2.45, 2.75) is 84.5 Å². The van der Waals surface area contributed by atoms with Crippen LogP contribution < -0.4 is 0 Å². The molecule has 15 heavy (non-hydrogen) atoms. The van der Waals surface area contributed by atoms with E-state index in [0.717, 1.165) is 12.8 Å². The molecule has 0 unspecified atom stereocenters. The second-order valence-corrected chi connectivity index (χ2v) is 4.69. The topological polar surface area (TPSA) is 29.5 Å². The Balaban J connectivity index is 3.42. The second kappa shape index (κ2) is 9.17. The fraction of sp³-hybridized carbons (Fsp3) is 1.00. The molecular formula is C13H28O2. The van der Waals surface area contributed by atoms with Gasteiger partial charge in [-0.1, -0.05) is 32.6 Å². The van der Waals surface area contributed by atoms with Gasteiger partial charge in [0.25, 0.3) is 0 Å². The van der Waals surface area contributed by atoms with Crippen molar-refractivity contribution < 1.29 is 9.84 Å². The van der Waals surface area contributed by atoms with Crippen molar-refractivity contribution in [1.82, 2.24) is 0 Å². The molecule has 0 saturated carbocycles. The fourth-order valence-corrected chi connectivity index (χ4v) is 1.86. The molecule has 0 spiro atoms. The molecular weight excluding hydrogens is 188 g/mol. The molecule has 2 heteroatoms. The third-order valence-electron chi connectivity index (χ3n) is 2.60. The van der Waals surface area contributed by atoms with E-state index in [9.17, 15) is 5.11 Å². The summed E-state index contributed by atoms with van der Waals surface area (Å²) in [6, 6.07) is 0. The number of hydrogen-bond acceptors (Lipinski definition) is 2. The molecule has 1 N–H and O–H groups in total. The molecule has 0 radical (unpaired) electrons. The maximum absolute atomic E-state index is 9.20. The van der Waals surface area contributed by atoms with Gasteiger partial charge in [-0.05, 0) is 33.6 Å². The zero-order chi connectivity index (χ0) is 11.7. The van der Waals surface area contributed by atoms with E-state index >= 15 is 0 Å². The predicted molar refractivity (Wildman–Crippen MR) is 65.1 cm³/mol. The Morgan fingerprint density at radius 1 is 1.00 bits per heavy atom. The van der Waals surface area contributed by atoms with Crippen LogP contribution in [0.2, 0.25) is 0 Å². The van der Waals surface area contributed by atoms with Crippen LogP contribution in [0.25, 0.3) is 0 Å². The van der Waals surface area contributed by atoms with Crippen molar-refractivity contribution in [3.8, 4) is 0 Å². The fourth-order valence-electron chi connectivity index (χ4n) is 1.86. The van der Waals surface area contributed by atoms with Gasteiger partial charge in [0, 0.05) is 0 Å². The largest absolute Gasteiger partial charge is 0.393 e. The van der Waals surface area contributed by atoms with E-state index < -0.39 is 0 Å². The molecule has 0 aliphatic carbocycles. The minimum Gasteiger partial charge on any atom is -0.393 e. The summed E-state index contributed by atoms with van der Waals surface area (Å²) in [5.41, 5.74) is 0. The minimum absolute atomic E-state index is 0.172. The lowest BCUT2D eigenvalue weighted by molar-refractivity contribution is -0.0195. The Kier molecular flexibility index (Phi) is 9.12. The number of rotatable bonds is 9. The SMILES string of the molecule is CCCCCC[C@@H](C)O[C@H](C)C[C@@H](C)O. The zero-order valence-corrected chi connectivity index (χ0v) is 10.8. The molecule has 0 bridgehead atoms. The quantitative estimate of drug-likeness (QED) is 0.598. The summed E-state index contributed by atoms with van der Waals surface area (Å²) in [7, 11) is 0. The normalized spacial score (nSPS) is 17.4. The zero-order valence-electron chi connectivity index (χ0n) is 10.8. The highest BCUT2D eigenvalue weighted by Gasteiger charge is 2.10. The van der Waals surface area contributed by atoms with Crippen LogP contribution in [0, 0.1) is 0 Å². The van der Waals surface area contributed by atoms with E-state index in [4.69, 9.17) is 4.74 Å². The van der Waals surface area contributed by atoms with Gasteiger partial charge in [-0.15, -0.1) is 0 Å². The number of aliphatic hydroxyl groups is 1. The predicted octanol–water partition coefficient (Wildman–Crippen LogP) is 3.52. The van der Waals surface area contributed by atoms with Crippen molar-refractivity contribution in [3.63, 3.8) is 0 Å². The summed E-state index contributed by atoms with van der Waals surface area (Å²) in [6.07, 6.45) is 7.31. The highest BCUT2D eigenvalue weighted by Crippen LogP contribution is 2.11. The Morgan fingerprint density at radius 3 is 2.20 bits per heavy atom. The van der Waals surface area contributed by atoms with E-state index in [1.807, 2.05) is 13.8 Å². The molecule has 0 aromatic heterocycles. The summed E-state index contributed by atoms with van der Waals surface area (Å²) in [5.74, 6) is 0. The standard InChI is InChI=1S/C13H28O2/c1-5-6-7-8-9-12(3)15-13(4)10-11(2)14/h11-14H,5-10H2,1-4H3/t11-,12-,13-/m1/s1. The number of ether oxygens (including phenoxy) is 1. The average Bonchev–Trinajstić information content (AvgIpc) is 2.10. The molecule has 0 aromatic carbocycles. The lowest BCUT2D eigenvalue weighted by Crippen LogP contribution is -2.21. The van der Waals surface area contributed by atoms with Crippen LogP contribution >= 0.6 is 0 Å². The maximum atomic E-state index is 9.20. The summed E-state index contributed by atoms with van der Waals surface area (Å²) >= 11 is 0. The van der Waals surface area contributed by atoms with Crippen LogP contribution in [0.4, 0.5) is 0 Å². The van der Waals surface area contributed by atoms with Crippen LogP contribution in [-0.2, 0) is 4.74 Å². The number of aliphatic hydroxyl groups excluding tert-OH is 1. The highest BCUT2D eigenvalue weighted by molar-refractivity contribution is 4.59. The monoisotopic (exact) mass is 216 g/mol. The van der Waals surface area contributed by atoms with Gasteiger partial charge in [0.2, 0.25) is 0 Å². The molecule has 0 heterocycles. The van der Waals surface area contributed by atoms with Crippen molar-refractivity contribution in [3.05, 3.63) is 0 Å². The third-order valence-corrected chi connectivity index (χ3v) is 2.60. The van der Waals surface area contributed by atoms with E-state index in [0.29, 0.717) is 6.10 Å². The molecule has 3 atom stereocenters. The van der Waals surface area contributed by atoms with Gasteiger partial charge in [-0.3, -0.25) is 0 Å². The number of hydrogen-bond donors (Lipinski definition) is 1. The molecule has 0 amide bonds. The first-order valence-corrected chi connectivity index (χ1v) is 6.39. The first-order chi connectivity index (χ1) is 7.06. The van der Waals surface area contributed by atoms with Crippen LogP contribution in [0.3, 0.4) is 0 Å². The first kappa shape index (κ1) is 14.9. The van der Waals surface area contributed by atoms with Crippen LogP contribution in [-0.4, -0.2) is 23.4 Å². The van der Waals surface area contributed by atoms with E-state index in [1.165, 1.54) is 25.7 Å². The van der Waals surface area contributed by atoms with Gasteiger partial charge in [-0.25, -0.2) is 0 Å². The molecule has 0 aliphatic rings. The molecule has 0 saturated heterocycles. The Morgan fingerprint density at radius 2 is 1.67 bits per heavy atom. The lowest BCUT2D eigenvalue weighted by atomic mass is 10.1. The van der Waals surface area contributed by atoms with Crippen LogP contribution in [0.15, 0.2) is 0 Å². The summed E-state index contributed by atoms with van der Waals surface area (Å²) in [5, 5.41) is 9.20. The smallest absolute Gasteiger partial charge is 0.0575 e. The molecule has 92 valence electrons. The molecule has 2 nitrogen and oxygen atoms in total. The third kappa shape index (κ3) is 10.2. The van der Waals surface area contributed by atoms with Crippen molar-refractivity contribution in [1.29, 1.82) is 0 Å². The van der Waals surface area contributed by atoms with Gasteiger partial charge >= 0.3 is 0 Å². The van der Waals surface area contributed by atoms with Crippen molar-refractivity contribution >= 4 is 0 Å². The van der Waals surface area contributed by atoms with E-state index in [2.05, 4.69) is 13.8 Å². The minimum atomic E-state index is -0.257. The van der Waals surface area contributed by atoms with Gasteiger partial charge in [0.1, 0.15) is 0 Å². The van der Waals surface area contributed by atoms with Crippen molar-refractivity contribution in [2.24, 2.45) is 0 Å². The molecule has 0 aromatic rings. The molecule has 0 fully saturated rings. The van der Waals surface area contributed by atoms with Gasteiger partial charge in [-0.2, -0.15) is 0 Å². The Labute approximate surface area is 95.0 Å². The summed E-state index contributed by atoms with van der Waals surface area (Å²) in [4.78, 5) is 0. The average molecular weight is 216 g/mol. The summed E-state index contributed by atoms with van der Waals surface area (Å²) in [6.45, 7) is 8.20. The maximum Gasteiger partial charge on any atom is 0.0575 e. The van der Waals surface area contributed by atoms with Gasteiger partial charge in [0.15, 0.2) is 0 Å². The lowest BCUT2D eigenvalue weighted by Gasteiger charge is -2.20. The molecule has 0 rings (SSSR count). The number of unbranched alkanes of at least 4 members (excludes halogenated alkanes) is 3. The van der Waals surface area contributed by atoms with Gasteiger partial charge in [0.05, 0.1) is 18.3 Å². The molecule has 0 aliphatic heterocycles.